The molecule has 0 spiro atoms. The predicted octanol–water partition coefficient (Wildman–Crippen LogP) is 2.45. The highest BCUT2D eigenvalue weighted by Gasteiger charge is 2.18. The quantitative estimate of drug-likeness (QED) is 0.788. The standard InChI is InChI=1S/C10H16ClNO2S/c1-7(12)10(14-6-5-13-2)8-3-4-9(11)15-8/h3-4,7,10H,5-6,12H2,1-2H3. The summed E-state index contributed by atoms with van der Waals surface area (Å²) in [5.41, 5.74) is 5.86. The molecule has 3 nitrogen and oxygen atoms in total. The number of hydrogen-bond acceptors (Lipinski definition) is 4. The summed E-state index contributed by atoms with van der Waals surface area (Å²) in [5, 5.41) is 0. The van der Waals surface area contributed by atoms with Gasteiger partial charge in [-0.15, -0.1) is 11.3 Å². The molecule has 2 N–H and O–H groups in total. The lowest BCUT2D eigenvalue weighted by Crippen LogP contribution is -2.27. The molecule has 0 bridgehead atoms. The van der Waals surface area contributed by atoms with Gasteiger partial charge in [0, 0.05) is 18.0 Å². The molecule has 0 saturated carbocycles. The van der Waals surface area contributed by atoms with E-state index in [0.717, 1.165) is 9.21 Å². The van der Waals surface area contributed by atoms with Gasteiger partial charge in [-0.3, -0.25) is 0 Å². The van der Waals surface area contributed by atoms with Gasteiger partial charge >= 0.3 is 0 Å². The van der Waals surface area contributed by atoms with Crippen LogP contribution in [0.3, 0.4) is 0 Å². The second-order valence-electron chi connectivity index (χ2n) is 3.29. The molecule has 0 aliphatic carbocycles. The van der Waals surface area contributed by atoms with Gasteiger partial charge in [0.05, 0.1) is 17.6 Å². The summed E-state index contributed by atoms with van der Waals surface area (Å²) >= 11 is 7.37. The molecule has 0 saturated heterocycles. The van der Waals surface area contributed by atoms with Gasteiger partial charge in [0.2, 0.25) is 0 Å². The number of thiophene rings is 1. The Morgan fingerprint density at radius 3 is 2.67 bits per heavy atom. The molecule has 2 atom stereocenters. The van der Waals surface area contributed by atoms with Crippen molar-refractivity contribution in [1.82, 2.24) is 0 Å². The predicted molar refractivity (Wildman–Crippen MR) is 63.5 cm³/mol. The first-order valence-corrected chi connectivity index (χ1v) is 5.96. The normalized spacial score (nSPS) is 15.2. The minimum absolute atomic E-state index is 0.0587. The minimum atomic E-state index is -0.0994. The lowest BCUT2D eigenvalue weighted by atomic mass is 10.1. The van der Waals surface area contributed by atoms with Crippen LogP contribution < -0.4 is 5.73 Å². The van der Waals surface area contributed by atoms with Crippen molar-refractivity contribution in [3.63, 3.8) is 0 Å². The van der Waals surface area contributed by atoms with Crippen LogP contribution >= 0.6 is 22.9 Å². The minimum Gasteiger partial charge on any atom is -0.382 e. The summed E-state index contributed by atoms with van der Waals surface area (Å²) in [7, 11) is 1.65. The highest BCUT2D eigenvalue weighted by atomic mass is 35.5. The van der Waals surface area contributed by atoms with E-state index in [1.54, 1.807) is 7.11 Å². The molecule has 0 fully saturated rings. The third-order valence-electron chi connectivity index (χ3n) is 1.94. The van der Waals surface area contributed by atoms with Crippen LogP contribution in [0.5, 0.6) is 0 Å². The second kappa shape index (κ2) is 6.45. The molecule has 0 aromatic carbocycles. The first-order valence-electron chi connectivity index (χ1n) is 4.76. The molecule has 1 heterocycles. The van der Waals surface area contributed by atoms with Crippen LogP contribution in [0.1, 0.15) is 17.9 Å². The van der Waals surface area contributed by atoms with Crippen LogP contribution in [-0.4, -0.2) is 26.4 Å². The van der Waals surface area contributed by atoms with Crippen molar-refractivity contribution in [2.24, 2.45) is 5.73 Å². The molecule has 86 valence electrons. The van der Waals surface area contributed by atoms with Gasteiger partial charge in [-0.25, -0.2) is 0 Å². The van der Waals surface area contributed by atoms with E-state index >= 15 is 0 Å². The van der Waals surface area contributed by atoms with Crippen molar-refractivity contribution < 1.29 is 9.47 Å². The van der Waals surface area contributed by atoms with E-state index in [0.29, 0.717) is 13.2 Å². The van der Waals surface area contributed by atoms with E-state index in [1.807, 2.05) is 19.1 Å². The number of halogens is 1. The van der Waals surface area contributed by atoms with Gasteiger partial charge in [-0.2, -0.15) is 0 Å². The average molecular weight is 250 g/mol. The number of rotatable bonds is 6. The fourth-order valence-corrected chi connectivity index (χ4v) is 2.46. The lowest BCUT2D eigenvalue weighted by Gasteiger charge is -2.19. The Labute approximate surface area is 99.1 Å². The van der Waals surface area contributed by atoms with E-state index in [9.17, 15) is 0 Å². The fraction of sp³-hybridized carbons (Fsp3) is 0.600. The number of methoxy groups -OCH3 is 1. The van der Waals surface area contributed by atoms with Crippen molar-refractivity contribution in [2.75, 3.05) is 20.3 Å². The van der Waals surface area contributed by atoms with Gasteiger partial charge in [-0.05, 0) is 19.1 Å². The summed E-state index contributed by atoms with van der Waals surface area (Å²) in [4.78, 5) is 1.06. The highest BCUT2D eigenvalue weighted by Crippen LogP contribution is 2.30. The fourth-order valence-electron chi connectivity index (χ4n) is 1.23. The molecule has 0 radical (unpaired) electrons. The Morgan fingerprint density at radius 2 is 2.20 bits per heavy atom. The zero-order valence-corrected chi connectivity index (χ0v) is 10.5. The molecular formula is C10H16ClNO2S. The Hall–Kier alpha value is -0.130. The average Bonchev–Trinajstić information content (AvgIpc) is 2.59. The molecule has 2 unspecified atom stereocenters. The zero-order valence-electron chi connectivity index (χ0n) is 8.90. The Kier molecular flexibility index (Phi) is 5.56. The molecule has 0 amide bonds. The summed E-state index contributed by atoms with van der Waals surface area (Å²) < 4.78 is 11.3. The largest absolute Gasteiger partial charge is 0.382 e. The lowest BCUT2D eigenvalue weighted by molar-refractivity contribution is 0.00797. The first kappa shape index (κ1) is 12.9. The van der Waals surface area contributed by atoms with E-state index in [-0.39, 0.29) is 12.1 Å². The molecule has 1 rings (SSSR count). The third-order valence-corrected chi connectivity index (χ3v) is 3.23. The van der Waals surface area contributed by atoms with Crippen molar-refractivity contribution in [1.29, 1.82) is 0 Å². The first-order chi connectivity index (χ1) is 7.15. The molecule has 1 aromatic heterocycles. The number of nitrogens with two attached hydrogens (primary N) is 1. The maximum absolute atomic E-state index is 5.87. The summed E-state index contributed by atoms with van der Waals surface area (Å²) in [6.07, 6.45) is -0.0994. The second-order valence-corrected chi connectivity index (χ2v) is 5.03. The molecule has 5 heteroatoms. The van der Waals surface area contributed by atoms with Crippen LogP contribution in [0.15, 0.2) is 12.1 Å². The molecule has 0 aliphatic heterocycles. The van der Waals surface area contributed by atoms with Gasteiger partial charge in [0.25, 0.3) is 0 Å². The third kappa shape index (κ3) is 4.09. The highest BCUT2D eigenvalue weighted by molar-refractivity contribution is 7.16. The van der Waals surface area contributed by atoms with Gasteiger partial charge in [-0.1, -0.05) is 11.6 Å². The topological polar surface area (TPSA) is 44.5 Å². The smallest absolute Gasteiger partial charge is 0.107 e. The molecular weight excluding hydrogens is 234 g/mol. The molecule has 0 aliphatic rings. The number of hydrogen-bond donors (Lipinski definition) is 1. The van der Waals surface area contributed by atoms with Crippen LogP contribution in [0, 0.1) is 0 Å². The zero-order chi connectivity index (χ0) is 11.3. The SMILES string of the molecule is COCCOC(c1ccc(Cl)s1)C(C)N. The summed E-state index contributed by atoms with van der Waals surface area (Å²) in [5.74, 6) is 0. The van der Waals surface area contributed by atoms with Gasteiger partial charge in [0.15, 0.2) is 0 Å². The number of ether oxygens (including phenoxy) is 2. The molecule has 1 aromatic rings. The van der Waals surface area contributed by atoms with Crippen molar-refractivity contribution in [3.8, 4) is 0 Å². The summed E-state index contributed by atoms with van der Waals surface area (Å²) in [6, 6.07) is 3.75. The van der Waals surface area contributed by atoms with Crippen molar-refractivity contribution >= 4 is 22.9 Å². The van der Waals surface area contributed by atoms with E-state index < -0.39 is 0 Å². The Morgan fingerprint density at radius 1 is 1.47 bits per heavy atom. The van der Waals surface area contributed by atoms with Crippen LogP contribution in [0.2, 0.25) is 4.34 Å². The van der Waals surface area contributed by atoms with Crippen molar-refractivity contribution in [2.45, 2.75) is 19.1 Å². The van der Waals surface area contributed by atoms with E-state index in [4.69, 9.17) is 26.8 Å². The summed E-state index contributed by atoms with van der Waals surface area (Å²) in [6.45, 7) is 3.03. The Balaban J connectivity index is 2.58. The molecule has 15 heavy (non-hydrogen) atoms. The maximum atomic E-state index is 5.87. The maximum Gasteiger partial charge on any atom is 0.107 e. The Bertz CT molecular complexity index is 291. The van der Waals surface area contributed by atoms with Gasteiger partial charge < -0.3 is 15.2 Å². The van der Waals surface area contributed by atoms with Crippen LogP contribution in [0.4, 0.5) is 0 Å². The van der Waals surface area contributed by atoms with Crippen LogP contribution in [0.25, 0.3) is 0 Å². The monoisotopic (exact) mass is 249 g/mol. The van der Waals surface area contributed by atoms with Crippen molar-refractivity contribution in [3.05, 3.63) is 21.3 Å². The van der Waals surface area contributed by atoms with Crippen LogP contribution in [-0.2, 0) is 9.47 Å². The van der Waals surface area contributed by atoms with E-state index in [2.05, 4.69) is 0 Å². The van der Waals surface area contributed by atoms with Gasteiger partial charge in [0.1, 0.15) is 6.10 Å². The van der Waals surface area contributed by atoms with E-state index in [1.165, 1.54) is 11.3 Å².